The molecule has 2 aromatic rings. The predicted molar refractivity (Wildman–Crippen MR) is 70.0 cm³/mol. The van der Waals surface area contributed by atoms with Crippen molar-refractivity contribution < 1.29 is 13.9 Å². The first-order valence-electron chi connectivity index (χ1n) is 5.68. The van der Waals surface area contributed by atoms with Crippen molar-refractivity contribution in [3.8, 4) is 0 Å². The van der Waals surface area contributed by atoms with E-state index in [0.717, 1.165) is 0 Å². The molecule has 0 saturated heterocycles. The van der Waals surface area contributed by atoms with E-state index in [1.807, 2.05) is 0 Å². The number of carbonyl (C=O) groups excluding carboxylic acids is 1. The molecule has 0 bridgehead atoms. The Balaban J connectivity index is 2.30. The number of aromatic nitrogens is 1. The number of pyridine rings is 1. The summed E-state index contributed by atoms with van der Waals surface area (Å²) in [4.78, 5) is 15.7. The Labute approximate surface area is 110 Å². The summed E-state index contributed by atoms with van der Waals surface area (Å²) in [6.45, 7) is 1.77. The molecule has 0 aliphatic carbocycles. The van der Waals surface area contributed by atoms with Crippen LogP contribution in [-0.2, 0) is 4.74 Å². The fourth-order valence-electron chi connectivity index (χ4n) is 1.68. The molecular formula is C14H13FN2O2. The summed E-state index contributed by atoms with van der Waals surface area (Å²) in [6, 6.07) is 9.20. The van der Waals surface area contributed by atoms with Crippen LogP contribution in [0.1, 0.15) is 16.1 Å². The Kier molecular flexibility index (Phi) is 3.75. The highest BCUT2D eigenvalue weighted by Crippen LogP contribution is 2.18. The summed E-state index contributed by atoms with van der Waals surface area (Å²) in [6.07, 6.45) is 0. The minimum absolute atomic E-state index is 0.342. The lowest BCUT2D eigenvalue weighted by molar-refractivity contribution is 0.0600. The highest BCUT2D eigenvalue weighted by Gasteiger charge is 2.08. The van der Waals surface area contributed by atoms with E-state index >= 15 is 0 Å². The van der Waals surface area contributed by atoms with E-state index in [-0.39, 0.29) is 5.82 Å². The second kappa shape index (κ2) is 5.48. The molecule has 98 valence electrons. The van der Waals surface area contributed by atoms with Crippen molar-refractivity contribution in [2.45, 2.75) is 6.92 Å². The largest absolute Gasteiger partial charge is 0.465 e. The van der Waals surface area contributed by atoms with Crippen LogP contribution in [0.3, 0.4) is 0 Å². The highest BCUT2D eigenvalue weighted by atomic mass is 19.1. The summed E-state index contributed by atoms with van der Waals surface area (Å²) >= 11 is 0. The van der Waals surface area contributed by atoms with E-state index in [0.29, 0.717) is 22.8 Å². The van der Waals surface area contributed by atoms with Crippen LogP contribution in [-0.4, -0.2) is 18.1 Å². The van der Waals surface area contributed by atoms with Gasteiger partial charge >= 0.3 is 5.97 Å². The maximum Gasteiger partial charge on any atom is 0.338 e. The van der Waals surface area contributed by atoms with Crippen molar-refractivity contribution in [1.29, 1.82) is 0 Å². The number of hydrogen-bond donors (Lipinski definition) is 1. The molecule has 0 saturated carbocycles. The molecule has 4 nitrogen and oxygen atoms in total. The fourth-order valence-corrected chi connectivity index (χ4v) is 1.68. The van der Waals surface area contributed by atoms with Gasteiger partial charge in [0, 0.05) is 11.4 Å². The molecule has 0 unspecified atom stereocenters. The molecule has 1 N–H and O–H groups in total. The lowest BCUT2D eigenvalue weighted by Crippen LogP contribution is -2.04. The maximum atomic E-state index is 13.1. The standard InChI is InChI=1S/C14H13FN2O2/c1-9-6-10(14(18)19-2)7-13(16-9)17-12-5-3-4-11(15)8-12/h3-8H,1-2H3,(H,16,17). The van der Waals surface area contributed by atoms with Crippen LogP contribution in [0.5, 0.6) is 0 Å². The van der Waals surface area contributed by atoms with Crippen LogP contribution in [0, 0.1) is 12.7 Å². The van der Waals surface area contributed by atoms with Crippen molar-refractivity contribution in [2.75, 3.05) is 12.4 Å². The number of anilines is 2. The predicted octanol–water partition coefficient (Wildman–Crippen LogP) is 3.06. The third-order valence-corrected chi connectivity index (χ3v) is 2.47. The Bertz CT molecular complexity index is 614. The van der Waals surface area contributed by atoms with Gasteiger partial charge in [-0.05, 0) is 37.3 Å². The number of hydrogen-bond acceptors (Lipinski definition) is 4. The number of rotatable bonds is 3. The van der Waals surface area contributed by atoms with Crippen molar-refractivity contribution in [1.82, 2.24) is 4.98 Å². The zero-order valence-corrected chi connectivity index (χ0v) is 10.6. The van der Waals surface area contributed by atoms with E-state index in [4.69, 9.17) is 0 Å². The molecule has 1 aromatic carbocycles. The molecule has 0 radical (unpaired) electrons. The van der Waals surface area contributed by atoms with Gasteiger partial charge in [-0.1, -0.05) is 6.07 Å². The van der Waals surface area contributed by atoms with E-state index in [1.54, 1.807) is 31.2 Å². The number of esters is 1. The van der Waals surface area contributed by atoms with Gasteiger partial charge in [-0.15, -0.1) is 0 Å². The molecule has 0 aliphatic heterocycles. The number of benzene rings is 1. The average Bonchev–Trinajstić information content (AvgIpc) is 2.37. The molecular weight excluding hydrogens is 247 g/mol. The van der Waals surface area contributed by atoms with Gasteiger partial charge in [-0.25, -0.2) is 14.2 Å². The number of aryl methyl sites for hydroxylation is 1. The van der Waals surface area contributed by atoms with Gasteiger partial charge in [0.25, 0.3) is 0 Å². The van der Waals surface area contributed by atoms with Gasteiger partial charge in [0.05, 0.1) is 12.7 Å². The summed E-state index contributed by atoms with van der Waals surface area (Å²) in [5, 5.41) is 2.95. The lowest BCUT2D eigenvalue weighted by Gasteiger charge is -2.08. The van der Waals surface area contributed by atoms with Crippen molar-refractivity contribution >= 4 is 17.5 Å². The molecule has 1 aromatic heterocycles. The summed E-state index contributed by atoms with van der Waals surface area (Å²) in [7, 11) is 1.32. The van der Waals surface area contributed by atoms with Crippen LogP contribution in [0.2, 0.25) is 0 Å². The second-order valence-electron chi connectivity index (χ2n) is 4.01. The normalized spacial score (nSPS) is 10.1. The molecule has 19 heavy (non-hydrogen) atoms. The number of nitrogens with one attached hydrogen (secondary N) is 1. The Morgan fingerprint density at radius 2 is 2.11 bits per heavy atom. The van der Waals surface area contributed by atoms with Gasteiger partial charge in [-0.2, -0.15) is 0 Å². The average molecular weight is 260 g/mol. The first kappa shape index (κ1) is 13.0. The summed E-state index contributed by atoms with van der Waals surface area (Å²) in [5.74, 6) is -0.315. The molecule has 0 amide bonds. The van der Waals surface area contributed by atoms with Crippen molar-refractivity contribution in [3.63, 3.8) is 0 Å². The number of halogens is 1. The fraction of sp³-hybridized carbons (Fsp3) is 0.143. The quantitative estimate of drug-likeness (QED) is 0.862. The molecule has 0 spiro atoms. The molecule has 2 rings (SSSR count). The Morgan fingerprint density at radius 3 is 2.79 bits per heavy atom. The summed E-state index contributed by atoms with van der Waals surface area (Å²) < 4.78 is 17.7. The van der Waals surface area contributed by atoms with E-state index in [9.17, 15) is 9.18 Å². The van der Waals surface area contributed by atoms with Crippen LogP contribution in [0.15, 0.2) is 36.4 Å². The Hall–Kier alpha value is -2.43. The van der Waals surface area contributed by atoms with E-state index in [1.165, 1.54) is 19.2 Å². The minimum Gasteiger partial charge on any atom is -0.465 e. The van der Waals surface area contributed by atoms with E-state index in [2.05, 4.69) is 15.0 Å². The monoisotopic (exact) mass is 260 g/mol. The lowest BCUT2D eigenvalue weighted by atomic mass is 10.2. The highest BCUT2D eigenvalue weighted by molar-refractivity contribution is 5.90. The maximum absolute atomic E-state index is 13.1. The SMILES string of the molecule is COC(=O)c1cc(C)nc(Nc2cccc(F)c2)c1. The van der Waals surface area contributed by atoms with Gasteiger partial charge in [-0.3, -0.25) is 0 Å². The molecule has 0 aliphatic rings. The van der Waals surface area contributed by atoms with Crippen LogP contribution in [0.4, 0.5) is 15.9 Å². The first-order chi connectivity index (χ1) is 9.08. The molecule has 0 fully saturated rings. The number of methoxy groups -OCH3 is 1. The zero-order valence-electron chi connectivity index (χ0n) is 10.6. The molecule has 1 heterocycles. The summed E-state index contributed by atoms with van der Waals surface area (Å²) in [5.41, 5.74) is 1.63. The van der Waals surface area contributed by atoms with Crippen molar-refractivity contribution in [2.24, 2.45) is 0 Å². The Morgan fingerprint density at radius 1 is 1.32 bits per heavy atom. The van der Waals surface area contributed by atoms with Gasteiger partial charge in [0.15, 0.2) is 0 Å². The molecule has 5 heteroatoms. The number of ether oxygens (including phenoxy) is 1. The molecule has 0 atom stereocenters. The third kappa shape index (κ3) is 3.28. The van der Waals surface area contributed by atoms with Crippen molar-refractivity contribution in [3.05, 3.63) is 53.5 Å². The third-order valence-electron chi connectivity index (χ3n) is 2.47. The van der Waals surface area contributed by atoms with Crippen LogP contribution < -0.4 is 5.32 Å². The van der Waals surface area contributed by atoms with Crippen LogP contribution >= 0.6 is 0 Å². The van der Waals surface area contributed by atoms with Gasteiger partial charge in [0.2, 0.25) is 0 Å². The van der Waals surface area contributed by atoms with Gasteiger partial charge < -0.3 is 10.1 Å². The van der Waals surface area contributed by atoms with Crippen LogP contribution in [0.25, 0.3) is 0 Å². The zero-order chi connectivity index (χ0) is 13.8. The minimum atomic E-state index is -0.437. The smallest absolute Gasteiger partial charge is 0.338 e. The topological polar surface area (TPSA) is 51.2 Å². The second-order valence-corrected chi connectivity index (χ2v) is 4.01. The first-order valence-corrected chi connectivity index (χ1v) is 5.68. The number of carbonyl (C=O) groups is 1. The number of nitrogens with zero attached hydrogens (tertiary/aromatic N) is 1. The van der Waals surface area contributed by atoms with Gasteiger partial charge in [0.1, 0.15) is 11.6 Å². The van der Waals surface area contributed by atoms with E-state index < -0.39 is 5.97 Å².